The van der Waals surface area contributed by atoms with E-state index in [2.05, 4.69) is 16.0 Å². The summed E-state index contributed by atoms with van der Waals surface area (Å²) in [5.74, 6) is 0. The molecule has 0 aliphatic carbocycles. The van der Waals surface area contributed by atoms with Gasteiger partial charge in [-0.25, -0.2) is 4.98 Å². The highest BCUT2D eigenvalue weighted by molar-refractivity contribution is 6.29. The third-order valence-electron chi connectivity index (χ3n) is 2.65. The molecule has 0 aliphatic heterocycles. The molecule has 3 aromatic rings. The third kappa shape index (κ3) is 1.89. The molecule has 0 atom stereocenters. The minimum atomic E-state index is 0.507. The van der Waals surface area contributed by atoms with Gasteiger partial charge in [0.05, 0.1) is 0 Å². The molecular formula is C13H10ClN3. The monoisotopic (exact) mass is 243 g/mol. The van der Waals surface area contributed by atoms with Crippen molar-refractivity contribution in [2.75, 3.05) is 0 Å². The third-order valence-corrected chi connectivity index (χ3v) is 2.83. The zero-order valence-corrected chi connectivity index (χ0v) is 10.0. The van der Waals surface area contributed by atoms with Gasteiger partial charge in [0.25, 0.3) is 0 Å². The highest BCUT2D eigenvalue weighted by Crippen LogP contribution is 2.21. The Labute approximate surface area is 104 Å². The van der Waals surface area contributed by atoms with Crippen molar-refractivity contribution in [3.05, 3.63) is 53.7 Å². The van der Waals surface area contributed by atoms with Crippen molar-refractivity contribution in [2.24, 2.45) is 0 Å². The van der Waals surface area contributed by atoms with Crippen molar-refractivity contribution in [2.45, 2.75) is 6.92 Å². The van der Waals surface area contributed by atoms with Crippen LogP contribution in [0.5, 0.6) is 0 Å². The first-order chi connectivity index (χ1) is 8.22. The largest absolute Gasteiger partial charge is 0.305 e. The van der Waals surface area contributed by atoms with Crippen molar-refractivity contribution in [1.82, 2.24) is 14.4 Å². The first kappa shape index (κ1) is 10.3. The van der Waals surface area contributed by atoms with E-state index in [1.807, 2.05) is 41.9 Å². The molecule has 0 unspecified atom stereocenters. The van der Waals surface area contributed by atoms with Gasteiger partial charge in [0, 0.05) is 24.3 Å². The second kappa shape index (κ2) is 3.86. The highest BCUT2D eigenvalue weighted by atomic mass is 35.5. The zero-order chi connectivity index (χ0) is 11.8. The first-order valence-corrected chi connectivity index (χ1v) is 5.67. The molecule has 0 fully saturated rings. The van der Waals surface area contributed by atoms with Crippen LogP contribution in [0.1, 0.15) is 5.69 Å². The van der Waals surface area contributed by atoms with Crippen LogP contribution in [0.4, 0.5) is 0 Å². The predicted molar refractivity (Wildman–Crippen MR) is 68.2 cm³/mol. The fourth-order valence-corrected chi connectivity index (χ4v) is 2.05. The normalized spacial score (nSPS) is 10.9. The molecule has 4 heteroatoms. The molecule has 0 bridgehead atoms. The minimum absolute atomic E-state index is 0.507. The molecule has 0 amide bonds. The van der Waals surface area contributed by atoms with Gasteiger partial charge in [0.1, 0.15) is 10.8 Å². The molecule has 0 radical (unpaired) electrons. The summed E-state index contributed by atoms with van der Waals surface area (Å²) in [6.45, 7) is 1.98. The molecule has 0 saturated carbocycles. The van der Waals surface area contributed by atoms with Crippen LogP contribution < -0.4 is 0 Å². The number of aromatic nitrogens is 3. The summed E-state index contributed by atoms with van der Waals surface area (Å²) >= 11 is 5.86. The molecule has 3 heterocycles. The molecule has 0 saturated heterocycles. The fraction of sp³-hybridized carbons (Fsp3) is 0.0769. The van der Waals surface area contributed by atoms with E-state index < -0.39 is 0 Å². The number of nitrogens with zero attached hydrogens (tertiary/aromatic N) is 3. The van der Waals surface area contributed by atoms with Gasteiger partial charge >= 0.3 is 0 Å². The van der Waals surface area contributed by atoms with E-state index >= 15 is 0 Å². The van der Waals surface area contributed by atoms with Crippen molar-refractivity contribution < 1.29 is 0 Å². The lowest BCUT2D eigenvalue weighted by atomic mass is 10.1. The minimum Gasteiger partial charge on any atom is -0.305 e. The summed E-state index contributed by atoms with van der Waals surface area (Å²) in [5, 5.41) is 0.507. The maximum absolute atomic E-state index is 5.86. The maximum Gasteiger partial charge on any atom is 0.148 e. The molecule has 17 heavy (non-hydrogen) atoms. The molecule has 0 aliphatic rings. The lowest BCUT2D eigenvalue weighted by Gasteiger charge is -2.03. The molecule has 0 N–H and O–H groups in total. The molecule has 84 valence electrons. The van der Waals surface area contributed by atoms with Crippen LogP contribution in [-0.2, 0) is 0 Å². The SMILES string of the molecule is Cc1cc(-c2ccc3nc(Cl)cn3c2)ccn1. The number of pyridine rings is 2. The van der Waals surface area contributed by atoms with Crippen LogP contribution in [0.2, 0.25) is 5.15 Å². The summed E-state index contributed by atoms with van der Waals surface area (Å²) in [6, 6.07) is 8.04. The predicted octanol–water partition coefficient (Wildman–Crippen LogP) is 3.36. The molecule has 3 nitrogen and oxygen atoms in total. The number of fused-ring (bicyclic) bond motifs is 1. The zero-order valence-electron chi connectivity index (χ0n) is 9.26. The average Bonchev–Trinajstić information content (AvgIpc) is 2.68. The lowest BCUT2D eigenvalue weighted by Crippen LogP contribution is -1.87. The summed E-state index contributed by atoms with van der Waals surface area (Å²) < 4.78 is 1.92. The van der Waals surface area contributed by atoms with Crippen LogP contribution in [0.15, 0.2) is 42.9 Å². The molecule has 3 rings (SSSR count). The Morgan fingerprint density at radius 3 is 2.82 bits per heavy atom. The Balaban J connectivity index is 2.17. The summed E-state index contributed by atoms with van der Waals surface area (Å²) in [5.41, 5.74) is 4.12. The number of imidazole rings is 1. The van der Waals surface area contributed by atoms with Gasteiger partial charge in [-0.1, -0.05) is 11.6 Å². The molecule has 3 aromatic heterocycles. The van der Waals surface area contributed by atoms with Crippen molar-refractivity contribution in [3.63, 3.8) is 0 Å². The lowest BCUT2D eigenvalue weighted by molar-refractivity contribution is 1.18. The van der Waals surface area contributed by atoms with Crippen LogP contribution >= 0.6 is 11.6 Å². The van der Waals surface area contributed by atoms with E-state index in [0.29, 0.717) is 5.15 Å². The van der Waals surface area contributed by atoms with Gasteiger partial charge < -0.3 is 4.40 Å². The number of hydrogen-bond acceptors (Lipinski definition) is 2. The van der Waals surface area contributed by atoms with Gasteiger partial charge in [-0.15, -0.1) is 0 Å². The number of halogens is 1. The van der Waals surface area contributed by atoms with Crippen LogP contribution in [0, 0.1) is 6.92 Å². The molecule has 0 spiro atoms. The quantitative estimate of drug-likeness (QED) is 0.656. The van der Waals surface area contributed by atoms with Gasteiger partial charge in [0.2, 0.25) is 0 Å². The van der Waals surface area contributed by atoms with E-state index in [0.717, 1.165) is 22.5 Å². The number of hydrogen-bond donors (Lipinski definition) is 0. The van der Waals surface area contributed by atoms with E-state index in [-0.39, 0.29) is 0 Å². The average molecular weight is 244 g/mol. The van der Waals surface area contributed by atoms with Crippen LogP contribution in [0.25, 0.3) is 16.8 Å². The van der Waals surface area contributed by atoms with Crippen molar-refractivity contribution in [3.8, 4) is 11.1 Å². The van der Waals surface area contributed by atoms with Gasteiger partial charge in [-0.3, -0.25) is 4.98 Å². The second-order valence-corrected chi connectivity index (χ2v) is 4.32. The Morgan fingerprint density at radius 1 is 1.12 bits per heavy atom. The number of rotatable bonds is 1. The van der Waals surface area contributed by atoms with E-state index in [4.69, 9.17) is 11.6 Å². The van der Waals surface area contributed by atoms with Crippen LogP contribution in [0.3, 0.4) is 0 Å². The van der Waals surface area contributed by atoms with Gasteiger partial charge in [-0.2, -0.15) is 0 Å². The highest BCUT2D eigenvalue weighted by Gasteiger charge is 2.02. The van der Waals surface area contributed by atoms with Crippen LogP contribution in [-0.4, -0.2) is 14.4 Å². The first-order valence-electron chi connectivity index (χ1n) is 5.30. The van der Waals surface area contributed by atoms with E-state index in [1.54, 1.807) is 6.20 Å². The molecular weight excluding hydrogens is 234 g/mol. The van der Waals surface area contributed by atoms with Gasteiger partial charge in [0.15, 0.2) is 0 Å². The Morgan fingerprint density at radius 2 is 2.00 bits per heavy atom. The maximum atomic E-state index is 5.86. The van der Waals surface area contributed by atoms with Crippen molar-refractivity contribution >= 4 is 17.2 Å². The number of aryl methyl sites for hydroxylation is 1. The fourth-order valence-electron chi connectivity index (χ4n) is 1.86. The summed E-state index contributed by atoms with van der Waals surface area (Å²) in [7, 11) is 0. The standard InChI is InChI=1S/C13H10ClN3/c1-9-6-10(4-5-15-9)11-2-3-13-16-12(14)8-17(13)7-11/h2-8H,1H3. The second-order valence-electron chi connectivity index (χ2n) is 3.93. The summed E-state index contributed by atoms with van der Waals surface area (Å²) in [4.78, 5) is 8.37. The van der Waals surface area contributed by atoms with Gasteiger partial charge in [-0.05, 0) is 42.3 Å². The molecule has 0 aromatic carbocycles. The van der Waals surface area contributed by atoms with Crippen molar-refractivity contribution in [1.29, 1.82) is 0 Å². The Kier molecular flexibility index (Phi) is 2.34. The van der Waals surface area contributed by atoms with E-state index in [9.17, 15) is 0 Å². The smallest absolute Gasteiger partial charge is 0.148 e. The van der Waals surface area contributed by atoms with E-state index in [1.165, 1.54) is 0 Å². The Bertz CT molecular complexity index is 688. The summed E-state index contributed by atoms with van der Waals surface area (Å²) in [6.07, 6.45) is 5.63. The topological polar surface area (TPSA) is 30.2 Å². The Hall–Kier alpha value is -1.87.